The van der Waals surface area contributed by atoms with Gasteiger partial charge in [0.1, 0.15) is 0 Å². The summed E-state index contributed by atoms with van der Waals surface area (Å²) in [5.41, 5.74) is 1.14. The van der Waals surface area contributed by atoms with Gasteiger partial charge in [-0.3, -0.25) is 4.79 Å². The Hall–Kier alpha value is -1.35. The minimum atomic E-state index is -0.278. The monoisotopic (exact) mass is 207 g/mol. The van der Waals surface area contributed by atoms with E-state index in [4.69, 9.17) is 4.84 Å². The molecule has 3 heteroatoms. The molecule has 0 amide bonds. The van der Waals surface area contributed by atoms with Crippen molar-refractivity contribution in [3.8, 4) is 0 Å². The number of nitrogens with zero attached hydrogens (tertiary/aromatic N) is 1. The summed E-state index contributed by atoms with van der Waals surface area (Å²) < 4.78 is 0. The van der Waals surface area contributed by atoms with Crippen LogP contribution < -0.4 is 0 Å². The standard InChI is InChI=1S/C12H17NO2/c1-4-13(15-11(3)14)10(2)12-8-6-5-7-9-12/h5-10H,4H2,1-3H3. The van der Waals surface area contributed by atoms with Gasteiger partial charge in [-0.1, -0.05) is 30.3 Å². The van der Waals surface area contributed by atoms with E-state index in [1.165, 1.54) is 6.92 Å². The van der Waals surface area contributed by atoms with Crippen LogP contribution in [0.2, 0.25) is 0 Å². The fourth-order valence-electron chi connectivity index (χ4n) is 1.48. The first kappa shape index (κ1) is 11.7. The first-order valence-corrected chi connectivity index (χ1v) is 5.15. The van der Waals surface area contributed by atoms with E-state index in [2.05, 4.69) is 0 Å². The molecular formula is C12H17NO2. The highest BCUT2D eigenvalue weighted by atomic mass is 16.7. The minimum Gasteiger partial charge on any atom is -0.368 e. The van der Waals surface area contributed by atoms with Gasteiger partial charge in [-0.05, 0) is 19.4 Å². The lowest BCUT2D eigenvalue weighted by atomic mass is 10.1. The van der Waals surface area contributed by atoms with Gasteiger partial charge in [-0.2, -0.15) is 0 Å². The third kappa shape index (κ3) is 3.36. The van der Waals surface area contributed by atoms with Crippen LogP contribution in [-0.4, -0.2) is 17.6 Å². The molecule has 15 heavy (non-hydrogen) atoms. The second-order valence-corrected chi connectivity index (χ2v) is 3.40. The molecule has 0 aliphatic carbocycles. The Balaban J connectivity index is 2.73. The van der Waals surface area contributed by atoms with Crippen LogP contribution >= 0.6 is 0 Å². The molecule has 0 aromatic heterocycles. The molecule has 0 N–H and O–H groups in total. The lowest BCUT2D eigenvalue weighted by molar-refractivity contribution is -0.197. The fourth-order valence-corrected chi connectivity index (χ4v) is 1.48. The zero-order chi connectivity index (χ0) is 11.3. The molecule has 0 aliphatic heterocycles. The number of benzene rings is 1. The van der Waals surface area contributed by atoms with Gasteiger partial charge < -0.3 is 4.84 Å². The lowest BCUT2D eigenvalue weighted by Crippen LogP contribution is -2.29. The summed E-state index contributed by atoms with van der Waals surface area (Å²) in [6.07, 6.45) is 0. The molecule has 0 bridgehead atoms. The summed E-state index contributed by atoms with van der Waals surface area (Å²) in [6, 6.07) is 10.1. The minimum absolute atomic E-state index is 0.0834. The van der Waals surface area contributed by atoms with Gasteiger partial charge in [0.25, 0.3) is 0 Å². The van der Waals surface area contributed by atoms with Crippen LogP contribution in [0.5, 0.6) is 0 Å². The molecule has 1 unspecified atom stereocenters. The zero-order valence-electron chi connectivity index (χ0n) is 9.43. The topological polar surface area (TPSA) is 29.5 Å². The van der Waals surface area contributed by atoms with E-state index in [1.807, 2.05) is 44.2 Å². The average Bonchev–Trinajstić information content (AvgIpc) is 2.26. The molecule has 1 aromatic rings. The molecule has 0 heterocycles. The molecule has 0 spiro atoms. The number of carbonyl (C=O) groups is 1. The van der Waals surface area contributed by atoms with Crippen molar-refractivity contribution < 1.29 is 9.63 Å². The zero-order valence-corrected chi connectivity index (χ0v) is 9.43. The van der Waals surface area contributed by atoms with Crippen LogP contribution in [0, 0.1) is 0 Å². The highest BCUT2D eigenvalue weighted by Crippen LogP contribution is 2.19. The predicted molar refractivity (Wildman–Crippen MR) is 59.0 cm³/mol. The van der Waals surface area contributed by atoms with E-state index in [-0.39, 0.29) is 12.0 Å². The number of carbonyl (C=O) groups excluding carboxylic acids is 1. The Morgan fingerprint density at radius 2 is 2.00 bits per heavy atom. The van der Waals surface area contributed by atoms with Crippen molar-refractivity contribution in [2.75, 3.05) is 6.54 Å². The van der Waals surface area contributed by atoms with E-state index in [0.717, 1.165) is 5.56 Å². The van der Waals surface area contributed by atoms with Gasteiger partial charge in [-0.15, -0.1) is 5.06 Å². The summed E-state index contributed by atoms with van der Waals surface area (Å²) >= 11 is 0. The Kier molecular flexibility index (Phi) is 4.31. The van der Waals surface area contributed by atoms with Gasteiger partial charge in [0.15, 0.2) is 0 Å². The van der Waals surface area contributed by atoms with Crippen molar-refractivity contribution in [3.63, 3.8) is 0 Å². The van der Waals surface area contributed by atoms with Gasteiger partial charge >= 0.3 is 5.97 Å². The molecular weight excluding hydrogens is 190 g/mol. The SMILES string of the molecule is CCN(OC(C)=O)C(C)c1ccccc1. The van der Waals surface area contributed by atoms with E-state index in [9.17, 15) is 4.79 Å². The fraction of sp³-hybridized carbons (Fsp3) is 0.417. The van der Waals surface area contributed by atoms with Crippen molar-refractivity contribution in [2.24, 2.45) is 0 Å². The van der Waals surface area contributed by atoms with Gasteiger partial charge in [-0.25, -0.2) is 0 Å². The predicted octanol–water partition coefficient (Wildman–Crippen LogP) is 2.55. The molecule has 0 fully saturated rings. The Morgan fingerprint density at radius 3 is 2.47 bits per heavy atom. The summed E-state index contributed by atoms with van der Waals surface area (Å²) in [5.74, 6) is -0.278. The molecule has 0 aliphatic rings. The number of rotatable bonds is 4. The Bertz CT molecular complexity index is 311. The Labute approximate surface area is 90.6 Å². The number of hydrogen-bond donors (Lipinski definition) is 0. The molecule has 1 aromatic carbocycles. The maximum absolute atomic E-state index is 10.9. The number of hydrogen-bond acceptors (Lipinski definition) is 3. The molecule has 0 radical (unpaired) electrons. The van der Waals surface area contributed by atoms with Crippen LogP contribution in [0.15, 0.2) is 30.3 Å². The third-order valence-electron chi connectivity index (χ3n) is 2.27. The summed E-state index contributed by atoms with van der Waals surface area (Å²) in [7, 11) is 0. The molecule has 1 rings (SSSR count). The van der Waals surface area contributed by atoms with Crippen molar-refractivity contribution in [1.82, 2.24) is 5.06 Å². The summed E-state index contributed by atoms with van der Waals surface area (Å²) in [4.78, 5) is 16.0. The average molecular weight is 207 g/mol. The molecule has 82 valence electrons. The first-order valence-electron chi connectivity index (χ1n) is 5.15. The van der Waals surface area contributed by atoms with Gasteiger partial charge in [0, 0.05) is 13.5 Å². The maximum Gasteiger partial charge on any atom is 0.322 e. The number of hydroxylamine groups is 2. The van der Waals surface area contributed by atoms with Gasteiger partial charge in [0.2, 0.25) is 0 Å². The van der Waals surface area contributed by atoms with Crippen LogP contribution in [0.1, 0.15) is 32.4 Å². The van der Waals surface area contributed by atoms with E-state index in [0.29, 0.717) is 6.54 Å². The maximum atomic E-state index is 10.9. The molecule has 0 saturated carbocycles. The van der Waals surface area contributed by atoms with Gasteiger partial charge in [0.05, 0.1) is 6.04 Å². The molecule has 3 nitrogen and oxygen atoms in total. The summed E-state index contributed by atoms with van der Waals surface area (Å²) in [5, 5.41) is 1.68. The Morgan fingerprint density at radius 1 is 1.40 bits per heavy atom. The van der Waals surface area contributed by atoms with E-state index in [1.54, 1.807) is 5.06 Å². The van der Waals surface area contributed by atoms with E-state index < -0.39 is 0 Å². The highest BCUT2D eigenvalue weighted by molar-refractivity contribution is 5.65. The summed E-state index contributed by atoms with van der Waals surface area (Å²) in [6.45, 7) is 6.07. The highest BCUT2D eigenvalue weighted by Gasteiger charge is 2.16. The quantitative estimate of drug-likeness (QED) is 0.710. The molecule has 0 saturated heterocycles. The van der Waals surface area contributed by atoms with Crippen molar-refractivity contribution in [1.29, 1.82) is 0 Å². The second kappa shape index (κ2) is 5.51. The van der Waals surface area contributed by atoms with Crippen molar-refractivity contribution in [3.05, 3.63) is 35.9 Å². The van der Waals surface area contributed by atoms with Crippen molar-refractivity contribution >= 4 is 5.97 Å². The second-order valence-electron chi connectivity index (χ2n) is 3.40. The normalized spacial score (nSPS) is 12.5. The largest absolute Gasteiger partial charge is 0.368 e. The smallest absolute Gasteiger partial charge is 0.322 e. The van der Waals surface area contributed by atoms with Crippen LogP contribution in [0.25, 0.3) is 0 Å². The third-order valence-corrected chi connectivity index (χ3v) is 2.27. The van der Waals surface area contributed by atoms with Crippen LogP contribution in [0.4, 0.5) is 0 Å². The van der Waals surface area contributed by atoms with Crippen molar-refractivity contribution in [2.45, 2.75) is 26.8 Å². The lowest BCUT2D eigenvalue weighted by Gasteiger charge is -2.25. The molecule has 1 atom stereocenters. The first-order chi connectivity index (χ1) is 7.15. The van der Waals surface area contributed by atoms with Crippen LogP contribution in [-0.2, 0) is 9.63 Å². The van der Waals surface area contributed by atoms with E-state index >= 15 is 0 Å². The van der Waals surface area contributed by atoms with Crippen LogP contribution in [0.3, 0.4) is 0 Å².